The SMILES string of the molecule is COc1ccc(-n2c(=O)n(CCCNC(=O)CN)c3ccc(CN4CCN(Cc5ccccc5Cl)CC4)cc32)cc1. The number of amides is 1. The van der Waals surface area contributed by atoms with Crippen LogP contribution in [0.2, 0.25) is 5.02 Å². The average molecular weight is 577 g/mol. The second-order valence-corrected chi connectivity index (χ2v) is 10.7. The van der Waals surface area contributed by atoms with Gasteiger partial charge in [0, 0.05) is 57.4 Å². The summed E-state index contributed by atoms with van der Waals surface area (Å²) >= 11 is 6.38. The molecular weight excluding hydrogens is 540 g/mol. The lowest BCUT2D eigenvalue weighted by Gasteiger charge is -2.35. The van der Waals surface area contributed by atoms with Crippen molar-refractivity contribution in [3.8, 4) is 11.4 Å². The predicted octanol–water partition coefficient (Wildman–Crippen LogP) is 3.24. The molecule has 0 radical (unpaired) electrons. The summed E-state index contributed by atoms with van der Waals surface area (Å²) in [5.41, 5.74) is 10.1. The van der Waals surface area contributed by atoms with Crippen LogP contribution in [0.5, 0.6) is 5.75 Å². The molecular formula is C31H37ClN6O3. The monoisotopic (exact) mass is 576 g/mol. The second-order valence-electron chi connectivity index (χ2n) is 10.3. The number of methoxy groups -OCH3 is 1. The number of aryl methyl sites for hydroxylation is 1. The lowest BCUT2D eigenvalue weighted by Crippen LogP contribution is -2.45. The maximum Gasteiger partial charge on any atom is 0.333 e. The molecule has 1 saturated heterocycles. The number of piperazine rings is 1. The molecule has 0 spiro atoms. The van der Waals surface area contributed by atoms with Crippen molar-refractivity contribution >= 4 is 28.5 Å². The second kappa shape index (κ2) is 13.4. The standard InChI is InChI=1S/C31H37ClN6O3/c1-41-26-10-8-25(9-11-26)38-29-19-23(7-12-28(29)37(31(38)40)14-4-13-34-30(39)20-33)21-35-15-17-36(18-16-35)22-24-5-2-3-6-27(24)32/h2-3,5-12,19H,4,13-18,20-22,33H2,1H3,(H,34,39). The number of aromatic nitrogens is 2. The highest BCUT2D eigenvalue weighted by atomic mass is 35.5. The van der Waals surface area contributed by atoms with Crippen molar-refractivity contribution < 1.29 is 9.53 Å². The van der Waals surface area contributed by atoms with E-state index in [0.717, 1.165) is 77.9 Å². The summed E-state index contributed by atoms with van der Waals surface area (Å²) in [6, 6.07) is 21.8. The summed E-state index contributed by atoms with van der Waals surface area (Å²) in [7, 11) is 1.62. The van der Waals surface area contributed by atoms with E-state index < -0.39 is 0 Å². The minimum Gasteiger partial charge on any atom is -0.497 e. The number of carbonyl (C=O) groups is 1. The molecule has 216 valence electrons. The fourth-order valence-electron chi connectivity index (χ4n) is 5.37. The summed E-state index contributed by atoms with van der Waals surface area (Å²) < 4.78 is 8.87. The Morgan fingerprint density at radius 2 is 1.66 bits per heavy atom. The average Bonchev–Trinajstić information content (AvgIpc) is 3.27. The number of fused-ring (bicyclic) bond motifs is 1. The number of nitrogens with two attached hydrogens (primary N) is 1. The molecule has 0 atom stereocenters. The van der Waals surface area contributed by atoms with Gasteiger partial charge in [0.15, 0.2) is 0 Å². The first kappa shape index (κ1) is 28.9. The van der Waals surface area contributed by atoms with Crippen molar-refractivity contribution in [3.63, 3.8) is 0 Å². The van der Waals surface area contributed by atoms with Gasteiger partial charge in [0.2, 0.25) is 5.91 Å². The number of halogens is 1. The van der Waals surface area contributed by atoms with Crippen LogP contribution in [0.1, 0.15) is 17.5 Å². The van der Waals surface area contributed by atoms with Gasteiger partial charge >= 0.3 is 5.69 Å². The van der Waals surface area contributed by atoms with E-state index in [-0.39, 0.29) is 18.1 Å². The van der Waals surface area contributed by atoms with Gasteiger partial charge in [-0.3, -0.25) is 23.7 Å². The van der Waals surface area contributed by atoms with Crippen molar-refractivity contribution in [1.82, 2.24) is 24.3 Å². The lowest BCUT2D eigenvalue weighted by atomic mass is 10.1. The van der Waals surface area contributed by atoms with Crippen LogP contribution in [0.15, 0.2) is 71.5 Å². The van der Waals surface area contributed by atoms with E-state index in [0.29, 0.717) is 19.5 Å². The van der Waals surface area contributed by atoms with Crippen molar-refractivity contribution in [1.29, 1.82) is 0 Å². The first-order valence-corrected chi connectivity index (χ1v) is 14.4. The third kappa shape index (κ3) is 6.82. The highest BCUT2D eigenvalue weighted by Crippen LogP contribution is 2.23. The minimum atomic E-state index is -0.202. The van der Waals surface area contributed by atoms with Crippen molar-refractivity contribution in [2.45, 2.75) is 26.1 Å². The molecule has 0 aliphatic carbocycles. The molecule has 41 heavy (non-hydrogen) atoms. The van der Waals surface area contributed by atoms with Gasteiger partial charge in [0.05, 0.1) is 30.4 Å². The topological polar surface area (TPSA) is 97.8 Å². The predicted molar refractivity (Wildman–Crippen MR) is 163 cm³/mol. The number of nitrogens with one attached hydrogen (secondary N) is 1. The number of carbonyl (C=O) groups excluding carboxylic acids is 1. The number of imidazole rings is 1. The van der Waals surface area contributed by atoms with E-state index in [4.69, 9.17) is 22.1 Å². The first-order chi connectivity index (χ1) is 20.0. The van der Waals surface area contributed by atoms with Crippen LogP contribution in [0.25, 0.3) is 16.7 Å². The molecule has 4 aromatic rings. The van der Waals surface area contributed by atoms with Crippen LogP contribution in [0.4, 0.5) is 0 Å². The van der Waals surface area contributed by atoms with E-state index in [2.05, 4.69) is 33.3 Å². The summed E-state index contributed by atoms with van der Waals surface area (Å²) in [6.45, 7) is 6.43. The highest BCUT2D eigenvalue weighted by molar-refractivity contribution is 6.31. The number of rotatable bonds is 11. The van der Waals surface area contributed by atoms with Crippen molar-refractivity contribution in [3.05, 3.63) is 93.4 Å². The van der Waals surface area contributed by atoms with Gasteiger partial charge in [-0.15, -0.1) is 0 Å². The Morgan fingerprint density at radius 1 is 0.951 bits per heavy atom. The van der Waals surface area contributed by atoms with Crippen LogP contribution in [-0.4, -0.2) is 71.2 Å². The number of hydrogen-bond acceptors (Lipinski definition) is 6. The Morgan fingerprint density at radius 3 is 2.34 bits per heavy atom. The van der Waals surface area contributed by atoms with Crippen LogP contribution < -0.4 is 21.5 Å². The van der Waals surface area contributed by atoms with Gasteiger partial charge < -0.3 is 15.8 Å². The Kier molecular flexibility index (Phi) is 9.41. The van der Waals surface area contributed by atoms with Crippen LogP contribution in [0.3, 0.4) is 0 Å². The van der Waals surface area contributed by atoms with Gasteiger partial charge in [-0.1, -0.05) is 35.9 Å². The maximum absolute atomic E-state index is 13.7. The normalized spacial score (nSPS) is 14.4. The van der Waals surface area contributed by atoms with Crippen LogP contribution in [-0.2, 0) is 24.4 Å². The van der Waals surface area contributed by atoms with E-state index in [1.165, 1.54) is 0 Å². The Labute approximate surface area is 245 Å². The third-order valence-corrected chi connectivity index (χ3v) is 7.98. The summed E-state index contributed by atoms with van der Waals surface area (Å²) in [5.74, 6) is 0.530. The quantitative estimate of drug-likeness (QED) is 0.266. The fourth-order valence-corrected chi connectivity index (χ4v) is 5.56. The first-order valence-electron chi connectivity index (χ1n) is 14.0. The third-order valence-electron chi connectivity index (χ3n) is 7.61. The number of ether oxygens (including phenoxy) is 1. The van der Waals surface area contributed by atoms with E-state index in [1.807, 2.05) is 48.5 Å². The molecule has 10 heteroatoms. The zero-order valence-corrected chi connectivity index (χ0v) is 24.1. The highest BCUT2D eigenvalue weighted by Gasteiger charge is 2.20. The van der Waals surface area contributed by atoms with Gasteiger partial charge in [0.1, 0.15) is 5.75 Å². The zero-order chi connectivity index (χ0) is 28.8. The summed E-state index contributed by atoms with van der Waals surface area (Å²) in [4.78, 5) is 30.1. The summed E-state index contributed by atoms with van der Waals surface area (Å²) in [5, 5.41) is 3.60. The molecule has 5 rings (SSSR count). The number of benzene rings is 3. The van der Waals surface area contributed by atoms with Gasteiger partial charge in [-0.05, 0) is 60.0 Å². The molecule has 0 bridgehead atoms. The zero-order valence-electron chi connectivity index (χ0n) is 23.4. The van der Waals surface area contributed by atoms with Crippen molar-refractivity contribution in [2.75, 3.05) is 46.4 Å². The Balaban J connectivity index is 1.34. The number of nitrogens with zero attached hydrogens (tertiary/aromatic N) is 4. The van der Waals surface area contributed by atoms with Crippen molar-refractivity contribution in [2.24, 2.45) is 5.73 Å². The molecule has 0 saturated carbocycles. The molecule has 1 fully saturated rings. The molecule has 2 heterocycles. The fraction of sp³-hybridized carbons (Fsp3) is 0.355. The molecule has 1 aliphatic rings. The molecule has 3 aromatic carbocycles. The minimum absolute atomic E-state index is 0.0457. The molecule has 1 amide bonds. The molecule has 1 aliphatic heterocycles. The van der Waals surface area contributed by atoms with Gasteiger partial charge in [0.25, 0.3) is 0 Å². The Bertz CT molecular complexity index is 1540. The van der Waals surface area contributed by atoms with E-state index in [9.17, 15) is 9.59 Å². The number of hydrogen-bond donors (Lipinski definition) is 2. The van der Waals surface area contributed by atoms with Crippen LogP contribution in [0, 0.1) is 0 Å². The molecule has 0 unspecified atom stereocenters. The molecule has 9 nitrogen and oxygen atoms in total. The van der Waals surface area contributed by atoms with Gasteiger partial charge in [-0.25, -0.2) is 4.79 Å². The lowest BCUT2D eigenvalue weighted by molar-refractivity contribution is -0.119. The smallest absolute Gasteiger partial charge is 0.333 e. The van der Waals surface area contributed by atoms with E-state index in [1.54, 1.807) is 16.2 Å². The largest absolute Gasteiger partial charge is 0.497 e. The summed E-state index contributed by atoms with van der Waals surface area (Å²) in [6.07, 6.45) is 0.619. The molecule has 3 N–H and O–H groups in total. The van der Waals surface area contributed by atoms with E-state index >= 15 is 0 Å². The van der Waals surface area contributed by atoms with Crippen LogP contribution >= 0.6 is 11.6 Å². The maximum atomic E-state index is 13.7. The Hall–Kier alpha value is -3.63. The van der Waals surface area contributed by atoms with Gasteiger partial charge in [-0.2, -0.15) is 0 Å². The molecule has 1 aromatic heterocycles.